The lowest BCUT2D eigenvalue weighted by molar-refractivity contribution is 1.39. The molecule has 10 rings (SSSR count). The number of hydrogen-bond acceptors (Lipinski definition) is 2. The van der Waals surface area contributed by atoms with E-state index in [0.717, 1.165) is 62.4 Å². The van der Waals surface area contributed by atoms with Gasteiger partial charge in [0.2, 0.25) is 0 Å². The van der Waals surface area contributed by atoms with Gasteiger partial charge in [-0.1, -0.05) is 207 Å². The fourth-order valence-corrected chi connectivity index (χ4v) is 8.61. The number of rotatable bonds is 8. The van der Waals surface area contributed by atoms with E-state index >= 15 is 0 Å². The summed E-state index contributed by atoms with van der Waals surface area (Å²) < 4.78 is 0. The molecule has 2 heteroatoms. The molecule has 9 aromatic carbocycles. The molecule has 0 amide bonds. The zero-order valence-electron chi connectivity index (χ0n) is 34.4. The van der Waals surface area contributed by atoms with Crippen LogP contribution in [-0.4, -0.2) is 6.21 Å². The SMILES string of the molecule is C=C1/C=C\C=C/C/C=C\C=C/1c1c2ccccc2c(-c2cccc3ccccc23)c2ccc(-c3ccc(-c4ccc(Nc5ccccc5)c(/N=C/c5ccccc5)c4)cc3)cc12. The van der Waals surface area contributed by atoms with E-state index in [1.54, 1.807) is 0 Å². The van der Waals surface area contributed by atoms with Crippen LogP contribution in [0.5, 0.6) is 0 Å². The summed E-state index contributed by atoms with van der Waals surface area (Å²) in [6.07, 6.45) is 17.9. The lowest BCUT2D eigenvalue weighted by Gasteiger charge is -2.21. The van der Waals surface area contributed by atoms with Gasteiger partial charge in [0.1, 0.15) is 0 Å². The molecule has 294 valence electrons. The predicted octanol–water partition coefficient (Wildman–Crippen LogP) is 16.7. The summed E-state index contributed by atoms with van der Waals surface area (Å²) in [7, 11) is 0. The summed E-state index contributed by atoms with van der Waals surface area (Å²) in [5, 5.41) is 10.9. The molecule has 0 radical (unpaired) electrons. The van der Waals surface area contributed by atoms with Crippen LogP contribution in [0.15, 0.2) is 248 Å². The third-order valence-electron chi connectivity index (χ3n) is 11.7. The minimum absolute atomic E-state index is 0.868. The smallest absolute Gasteiger partial charge is 0.0870 e. The molecule has 0 spiro atoms. The first-order chi connectivity index (χ1) is 30.7. The van der Waals surface area contributed by atoms with Gasteiger partial charge in [0.15, 0.2) is 0 Å². The number of benzene rings is 9. The number of nitrogens with zero attached hydrogens (tertiary/aromatic N) is 1. The Morgan fingerprint density at radius 1 is 0.484 bits per heavy atom. The van der Waals surface area contributed by atoms with Crippen LogP contribution in [0.4, 0.5) is 17.1 Å². The van der Waals surface area contributed by atoms with Crippen molar-refractivity contribution in [3.8, 4) is 33.4 Å². The molecule has 1 N–H and O–H groups in total. The Morgan fingerprint density at radius 3 is 1.89 bits per heavy atom. The molecular weight excluding hydrogens is 749 g/mol. The molecular formula is C60H44N2. The second kappa shape index (κ2) is 17.3. The normalized spacial score (nSPS) is 15.4. The molecule has 0 saturated carbocycles. The summed E-state index contributed by atoms with van der Waals surface area (Å²) in [5.41, 5.74) is 14.1. The van der Waals surface area contributed by atoms with Gasteiger partial charge in [-0.3, -0.25) is 4.99 Å². The highest BCUT2D eigenvalue weighted by molar-refractivity contribution is 6.22. The van der Waals surface area contributed by atoms with Gasteiger partial charge in [-0.2, -0.15) is 0 Å². The van der Waals surface area contributed by atoms with Gasteiger partial charge in [-0.15, -0.1) is 0 Å². The minimum Gasteiger partial charge on any atom is -0.354 e. The number of allylic oxidation sites excluding steroid dienone is 9. The van der Waals surface area contributed by atoms with Gasteiger partial charge in [0.25, 0.3) is 0 Å². The van der Waals surface area contributed by atoms with Crippen molar-refractivity contribution in [1.82, 2.24) is 0 Å². The van der Waals surface area contributed by atoms with Crippen LogP contribution in [0.2, 0.25) is 0 Å². The van der Waals surface area contributed by atoms with Crippen LogP contribution in [0.3, 0.4) is 0 Å². The Bertz CT molecular complexity index is 3270. The van der Waals surface area contributed by atoms with Crippen LogP contribution in [-0.2, 0) is 0 Å². The van der Waals surface area contributed by atoms with Crippen molar-refractivity contribution in [2.75, 3.05) is 5.32 Å². The number of hydrogen-bond donors (Lipinski definition) is 1. The second-order valence-corrected chi connectivity index (χ2v) is 15.6. The number of para-hydroxylation sites is 1. The fraction of sp³-hybridized carbons (Fsp3) is 0.0167. The summed E-state index contributed by atoms with van der Waals surface area (Å²) in [6.45, 7) is 4.62. The number of fused-ring (bicyclic) bond motifs is 3. The van der Waals surface area contributed by atoms with Crippen molar-refractivity contribution in [2.24, 2.45) is 4.99 Å². The van der Waals surface area contributed by atoms with E-state index < -0.39 is 0 Å². The van der Waals surface area contributed by atoms with Gasteiger partial charge >= 0.3 is 0 Å². The maximum absolute atomic E-state index is 4.98. The highest BCUT2D eigenvalue weighted by Gasteiger charge is 2.20. The van der Waals surface area contributed by atoms with E-state index in [0.29, 0.717) is 0 Å². The zero-order chi connectivity index (χ0) is 41.7. The Balaban J connectivity index is 1.11. The summed E-state index contributed by atoms with van der Waals surface area (Å²) >= 11 is 0. The molecule has 1 aliphatic carbocycles. The molecule has 62 heavy (non-hydrogen) atoms. The molecule has 0 fully saturated rings. The van der Waals surface area contributed by atoms with Crippen molar-refractivity contribution >= 4 is 61.2 Å². The van der Waals surface area contributed by atoms with Crippen molar-refractivity contribution in [1.29, 1.82) is 0 Å². The van der Waals surface area contributed by atoms with E-state index in [4.69, 9.17) is 4.99 Å². The van der Waals surface area contributed by atoms with Crippen molar-refractivity contribution < 1.29 is 0 Å². The van der Waals surface area contributed by atoms with Crippen LogP contribution < -0.4 is 5.32 Å². The zero-order valence-corrected chi connectivity index (χ0v) is 34.4. The summed E-state index contributed by atoms with van der Waals surface area (Å²) in [6, 6.07) is 67.1. The van der Waals surface area contributed by atoms with E-state index in [-0.39, 0.29) is 0 Å². The third kappa shape index (κ3) is 7.74. The monoisotopic (exact) mass is 792 g/mol. The standard InChI is InChI=1S/C60H44N2/c1-42-19-8-4-2-3-5-13-26-50(42)59-53-28-16-17-29-54(53)60(52-30-18-23-46-22-14-15-27-51(46)52)55-37-35-47(39-56(55)59)44-31-33-45(34-32-44)48-36-38-57(62-49-24-11-7-12-25-49)58(40-48)61-41-43-20-9-6-10-21-43/h2,4-41,62H,1,3H2/b4-2-,13-5-,19-8-,50-26+,61-41+. The average molecular weight is 793 g/mol. The lowest BCUT2D eigenvalue weighted by atomic mass is 9.82. The highest BCUT2D eigenvalue weighted by Crippen LogP contribution is 2.46. The third-order valence-corrected chi connectivity index (χ3v) is 11.7. The molecule has 0 heterocycles. The quantitative estimate of drug-likeness (QED) is 0.120. The highest BCUT2D eigenvalue weighted by atomic mass is 14.9. The van der Waals surface area contributed by atoms with Crippen molar-refractivity contribution in [3.05, 3.63) is 254 Å². The topological polar surface area (TPSA) is 24.4 Å². The fourth-order valence-electron chi connectivity index (χ4n) is 8.61. The Kier molecular flexibility index (Phi) is 10.6. The van der Waals surface area contributed by atoms with E-state index in [1.807, 2.05) is 42.6 Å². The largest absolute Gasteiger partial charge is 0.354 e. The van der Waals surface area contributed by atoms with Gasteiger partial charge in [0, 0.05) is 11.9 Å². The summed E-state index contributed by atoms with van der Waals surface area (Å²) in [5.74, 6) is 0. The van der Waals surface area contributed by atoms with Crippen LogP contribution in [0.25, 0.3) is 71.3 Å². The molecule has 0 unspecified atom stereocenters. The lowest BCUT2D eigenvalue weighted by Crippen LogP contribution is -1.96. The molecule has 0 saturated heterocycles. The molecule has 1 aliphatic rings. The van der Waals surface area contributed by atoms with Gasteiger partial charge in [-0.05, 0) is 125 Å². The number of nitrogens with one attached hydrogen (secondary N) is 1. The molecule has 0 atom stereocenters. The first-order valence-corrected chi connectivity index (χ1v) is 21.2. The Labute approximate surface area is 363 Å². The van der Waals surface area contributed by atoms with Crippen LogP contribution in [0, 0.1) is 0 Å². The summed E-state index contributed by atoms with van der Waals surface area (Å²) in [4.78, 5) is 4.98. The van der Waals surface area contributed by atoms with Crippen LogP contribution in [0.1, 0.15) is 17.5 Å². The molecule has 0 bridgehead atoms. The van der Waals surface area contributed by atoms with E-state index in [2.05, 4.69) is 206 Å². The number of aliphatic imine (C=N–C) groups is 1. The van der Waals surface area contributed by atoms with Crippen molar-refractivity contribution in [2.45, 2.75) is 6.42 Å². The average Bonchev–Trinajstić information content (AvgIpc) is 3.33. The molecule has 2 nitrogen and oxygen atoms in total. The van der Waals surface area contributed by atoms with Crippen molar-refractivity contribution in [3.63, 3.8) is 0 Å². The van der Waals surface area contributed by atoms with E-state index in [9.17, 15) is 0 Å². The van der Waals surface area contributed by atoms with Gasteiger partial charge < -0.3 is 5.32 Å². The predicted molar refractivity (Wildman–Crippen MR) is 268 cm³/mol. The Hall–Kier alpha value is -8.07. The van der Waals surface area contributed by atoms with E-state index in [1.165, 1.54) is 49.0 Å². The first kappa shape index (κ1) is 38.2. The van der Waals surface area contributed by atoms with Gasteiger partial charge in [-0.25, -0.2) is 0 Å². The van der Waals surface area contributed by atoms with Gasteiger partial charge in [0.05, 0.1) is 11.4 Å². The maximum Gasteiger partial charge on any atom is 0.0870 e. The molecule has 9 aromatic rings. The molecule has 0 aliphatic heterocycles. The second-order valence-electron chi connectivity index (χ2n) is 15.6. The number of anilines is 2. The van der Waals surface area contributed by atoms with Crippen LogP contribution >= 0.6 is 0 Å². The maximum atomic E-state index is 4.98. The molecule has 0 aromatic heterocycles. The Morgan fingerprint density at radius 2 is 1.10 bits per heavy atom. The first-order valence-electron chi connectivity index (χ1n) is 21.2. The minimum atomic E-state index is 0.868.